The van der Waals surface area contributed by atoms with Gasteiger partial charge < -0.3 is 14.6 Å². The average molecular weight is 429 g/mol. The second kappa shape index (κ2) is 10.2. The molecule has 3 aromatic rings. The highest BCUT2D eigenvalue weighted by Crippen LogP contribution is 2.22. The molecule has 0 saturated heterocycles. The van der Waals surface area contributed by atoms with Gasteiger partial charge in [-0.05, 0) is 72.7 Å². The molecule has 0 aliphatic heterocycles. The summed E-state index contributed by atoms with van der Waals surface area (Å²) in [5.41, 5.74) is 3.54. The normalized spacial score (nSPS) is 11.9. The van der Waals surface area contributed by atoms with E-state index in [0.29, 0.717) is 28.8 Å². The summed E-state index contributed by atoms with van der Waals surface area (Å²) in [6.07, 6.45) is -0.719. The van der Waals surface area contributed by atoms with Gasteiger partial charge in [0.1, 0.15) is 12.4 Å². The van der Waals surface area contributed by atoms with E-state index in [2.05, 4.69) is 15.5 Å². The zero-order chi connectivity index (χ0) is 21.5. The Hall–Kier alpha value is -2.91. The van der Waals surface area contributed by atoms with Crippen LogP contribution >= 0.6 is 11.8 Å². The van der Waals surface area contributed by atoms with Crippen molar-refractivity contribution in [2.45, 2.75) is 32.0 Å². The van der Waals surface area contributed by atoms with E-state index in [4.69, 9.17) is 9.47 Å². The van der Waals surface area contributed by atoms with E-state index in [0.717, 1.165) is 16.8 Å². The third kappa shape index (κ3) is 5.58. The Balaban J connectivity index is 1.53. The van der Waals surface area contributed by atoms with Crippen molar-refractivity contribution in [1.29, 1.82) is 0 Å². The van der Waals surface area contributed by atoms with Crippen LogP contribution in [0, 0.1) is 13.8 Å². The SMILES string of the molecule is CCOC(=O)c1ccc(OCC(O)CSc2nnnn2-c2cc(C)ccc2C)cc1. The summed E-state index contributed by atoms with van der Waals surface area (Å²) in [6, 6.07) is 12.7. The van der Waals surface area contributed by atoms with Crippen LogP contribution in [0.3, 0.4) is 0 Å². The smallest absolute Gasteiger partial charge is 0.338 e. The minimum absolute atomic E-state index is 0.108. The van der Waals surface area contributed by atoms with E-state index in [-0.39, 0.29) is 12.6 Å². The molecular weight excluding hydrogens is 404 g/mol. The molecule has 0 aliphatic rings. The largest absolute Gasteiger partial charge is 0.491 e. The van der Waals surface area contributed by atoms with Gasteiger partial charge in [0.2, 0.25) is 5.16 Å². The monoisotopic (exact) mass is 428 g/mol. The number of thioether (sulfide) groups is 1. The zero-order valence-corrected chi connectivity index (χ0v) is 17.9. The third-order valence-electron chi connectivity index (χ3n) is 4.25. The number of hydrogen-bond acceptors (Lipinski definition) is 8. The van der Waals surface area contributed by atoms with E-state index >= 15 is 0 Å². The number of esters is 1. The molecule has 1 heterocycles. The lowest BCUT2D eigenvalue weighted by molar-refractivity contribution is 0.0526. The van der Waals surface area contributed by atoms with E-state index in [1.165, 1.54) is 11.8 Å². The standard InChI is InChI=1S/C21H24N4O4S/c1-4-28-20(27)16-7-9-18(10-8-16)29-12-17(26)13-30-21-22-23-24-25(21)19-11-14(2)5-6-15(19)3/h5-11,17,26H,4,12-13H2,1-3H3. The molecular formula is C21H24N4O4S. The fourth-order valence-electron chi connectivity index (χ4n) is 2.68. The predicted molar refractivity (Wildman–Crippen MR) is 113 cm³/mol. The maximum atomic E-state index is 11.7. The van der Waals surface area contributed by atoms with Gasteiger partial charge in [-0.3, -0.25) is 0 Å². The summed E-state index contributed by atoms with van der Waals surface area (Å²) in [7, 11) is 0. The Morgan fingerprint density at radius 1 is 1.20 bits per heavy atom. The first-order valence-electron chi connectivity index (χ1n) is 9.54. The summed E-state index contributed by atoms with van der Waals surface area (Å²) >= 11 is 1.35. The first-order valence-corrected chi connectivity index (χ1v) is 10.5. The maximum absolute atomic E-state index is 11.7. The number of tetrazole rings is 1. The van der Waals surface area contributed by atoms with E-state index in [1.54, 1.807) is 35.9 Å². The quantitative estimate of drug-likeness (QED) is 0.410. The van der Waals surface area contributed by atoms with Gasteiger partial charge in [0, 0.05) is 5.75 Å². The van der Waals surface area contributed by atoms with Crippen LogP contribution in [0.2, 0.25) is 0 Å². The van der Waals surface area contributed by atoms with Crippen LogP contribution in [0.25, 0.3) is 5.69 Å². The van der Waals surface area contributed by atoms with Crippen molar-refractivity contribution in [3.8, 4) is 11.4 Å². The summed E-state index contributed by atoms with van der Waals surface area (Å²) in [4.78, 5) is 11.7. The summed E-state index contributed by atoms with van der Waals surface area (Å²) in [5, 5.41) is 22.8. The highest BCUT2D eigenvalue weighted by atomic mass is 32.2. The zero-order valence-electron chi connectivity index (χ0n) is 17.1. The molecule has 2 aromatic carbocycles. The Morgan fingerprint density at radius 2 is 1.97 bits per heavy atom. The van der Waals surface area contributed by atoms with Gasteiger partial charge in [0.15, 0.2) is 0 Å². The third-order valence-corrected chi connectivity index (χ3v) is 5.31. The van der Waals surface area contributed by atoms with Crippen LogP contribution in [0.4, 0.5) is 0 Å². The molecule has 0 aliphatic carbocycles. The van der Waals surface area contributed by atoms with Crippen LogP contribution in [0.5, 0.6) is 5.75 Å². The van der Waals surface area contributed by atoms with Crippen LogP contribution < -0.4 is 4.74 Å². The molecule has 0 bridgehead atoms. The second-order valence-corrected chi connectivity index (χ2v) is 7.67. The van der Waals surface area contributed by atoms with Crippen molar-refractivity contribution >= 4 is 17.7 Å². The number of rotatable bonds is 9. The maximum Gasteiger partial charge on any atom is 0.338 e. The Bertz CT molecular complexity index is 991. The van der Waals surface area contributed by atoms with Crippen molar-refractivity contribution in [1.82, 2.24) is 20.2 Å². The molecule has 1 atom stereocenters. The van der Waals surface area contributed by atoms with Gasteiger partial charge >= 0.3 is 5.97 Å². The highest BCUT2D eigenvalue weighted by Gasteiger charge is 2.14. The number of carbonyl (C=O) groups is 1. The minimum Gasteiger partial charge on any atom is -0.491 e. The molecule has 0 spiro atoms. The molecule has 9 heteroatoms. The Kier molecular flexibility index (Phi) is 7.42. The Labute approximate surface area is 179 Å². The number of aryl methyl sites for hydroxylation is 2. The topological polar surface area (TPSA) is 99.4 Å². The fraction of sp³-hybridized carbons (Fsp3) is 0.333. The highest BCUT2D eigenvalue weighted by molar-refractivity contribution is 7.99. The first kappa shape index (κ1) is 21.8. The fourth-order valence-corrected chi connectivity index (χ4v) is 3.47. The first-order chi connectivity index (χ1) is 14.5. The number of hydrogen-bond donors (Lipinski definition) is 1. The lowest BCUT2D eigenvalue weighted by Crippen LogP contribution is -2.20. The molecule has 0 amide bonds. The van der Waals surface area contributed by atoms with Crippen molar-refractivity contribution in [3.05, 3.63) is 59.2 Å². The average Bonchev–Trinajstić information content (AvgIpc) is 3.21. The van der Waals surface area contributed by atoms with Crippen molar-refractivity contribution in [3.63, 3.8) is 0 Å². The van der Waals surface area contributed by atoms with Gasteiger partial charge in [-0.25, -0.2) is 4.79 Å². The van der Waals surface area contributed by atoms with Crippen LogP contribution in [0.1, 0.15) is 28.4 Å². The van der Waals surface area contributed by atoms with Crippen molar-refractivity contribution in [2.75, 3.05) is 19.0 Å². The number of aromatic nitrogens is 4. The second-order valence-electron chi connectivity index (χ2n) is 6.68. The molecule has 30 heavy (non-hydrogen) atoms. The van der Waals surface area contributed by atoms with Gasteiger partial charge in [0.05, 0.1) is 24.0 Å². The number of aliphatic hydroxyl groups is 1. The van der Waals surface area contributed by atoms with Gasteiger partial charge in [0.25, 0.3) is 0 Å². The minimum atomic E-state index is -0.719. The molecule has 3 rings (SSSR count). The Morgan fingerprint density at radius 3 is 2.70 bits per heavy atom. The van der Waals surface area contributed by atoms with E-state index < -0.39 is 6.10 Å². The van der Waals surface area contributed by atoms with E-state index in [9.17, 15) is 9.90 Å². The molecule has 0 fully saturated rings. The van der Waals surface area contributed by atoms with Crippen molar-refractivity contribution < 1.29 is 19.4 Å². The number of aliphatic hydroxyl groups excluding tert-OH is 1. The van der Waals surface area contributed by atoms with Crippen LogP contribution in [-0.4, -0.2) is 56.4 Å². The van der Waals surface area contributed by atoms with Crippen LogP contribution in [0.15, 0.2) is 47.6 Å². The van der Waals surface area contributed by atoms with Gasteiger partial charge in [-0.2, -0.15) is 4.68 Å². The molecule has 8 nitrogen and oxygen atoms in total. The lowest BCUT2D eigenvalue weighted by atomic mass is 10.1. The number of carbonyl (C=O) groups excluding carboxylic acids is 1. The summed E-state index contributed by atoms with van der Waals surface area (Å²) in [5.74, 6) is 0.556. The number of ether oxygens (including phenoxy) is 2. The molecule has 1 N–H and O–H groups in total. The summed E-state index contributed by atoms with van der Waals surface area (Å²) in [6.45, 7) is 6.21. The van der Waals surface area contributed by atoms with E-state index in [1.807, 2.05) is 32.0 Å². The van der Waals surface area contributed by atoms with Gasteiger partial charge in [-0.1, -0.05) is 23.9 Å². The summed E-state index contributed by atoms with van der Waals surface area (Å²) < 4.78 is 12.2. The molecule has 158 valence electrons. The number of nitrogens with zero attached hydrogens (tertiary/aromatic N) is 4. The molecule has 1 aromatic heterocycles. The molecule has 1 unspecified atom stereocenters. The van der Waals surface area contributed by atoms with Crippen LogP contribution in [-0.2, 0) is 4.74 Å². The predicted octanol–water partition coefficient (Wildman–Crippen LogP) is 2.99. The molecule has 0 radical (unpaired) electrons. The van der Waals surface area contributed by atoms with Gasteiger partial charge in [-0.15, -0.1) is 5.10 Å². The van der Waals surface area contributed by atoms with Crippen molar-refractivity contribution in [2.24, 2.45) is 0 Å². The lowest BCUT2D eigenvalue weighted by Gasteiger charge is -2.13. The number of benzene rings is 2. The molecule has 0 saturated carbocycles.